The lowest BCUT2D eigenvalue weighted by molar-refractivity contribution is 0.632. The number of nitrogens with zero attached hydrogens (tertiary/aromatic N) is 3. The molecule has 0 aromatic carbocycles. The van der Waals surface area contributed by atoms with E-state index in [2.05, 4.69) is 44.7 Å². The van der Waals surface area contributed by atoms with E-state index in [1.807, 2.05) is 0 Å². The van der Waals surface area contributed by atoms with Crippen LogP contribution >= 0.6 is 50.5 Å². The van der Waals surface area contributed by atoms with E-state index in [9.17, 15) is 0 Å². The zero-order valence-electron chi connectivity index (χ0n) is 9.75. The summed E-state index contributed by atoms with van der Waals surface area (Å²) in [7, 11) is 0. The van der Waals surface area contributed by atoms with E-state index in [0.717, 1.165) is 16.6 Å². The number of hydrogen-bond acceptors (Lipinski definition) is 4. The van der Waals surface area contributed by atoms with E-state index in [1.54, 1.807) is 6.20 Å². The molecule has 96 valence electrons. The first-order valence-electron chi connectivity index (χ1n) is 5.31. The van der Waals surface area contributed by atoms with E-state index in [-0.39, 0.29) is 0 Å². The summed E-state index contributed by atoms with van der Waals surface area (Å²) in [5, 5.41) is 1.08. The van der Waals surface area contributed by atoms with Gasteiger partial charge in [0.05, 0.1) is 16.4 Å². The molecule has 18 heavy (non-hydrogen) atoms. The Morgan fingerprint density at radius 2 is 2.06 bits per heavy atom. The van der Waals surface area contributed by atoms with Crippen LogP contribution in [0.4, 0.5) is 0 Å². The van der Waals surface area contributed by atoms with Gasteiger partial charge in [0.15, 0.2) is 10.8 Å². The van der Waals surface area contributed by atoms with Gasteiger partial charge in [-0.05, 0) is 28.3 Å². The average molecular weight is 367 g/mol. The van der Waals surface area contributed by atoms with Crippen molar-refractivity contribution in [1.82, 2.24) is 15.0 Å². The van der Waals surface area contributed by atoms with Gasteiger partial charge in [0, 0.05) is 0 Å². The Labute approximate surface area is 128 Å². The largest absolute Gasteiger partial charge is 0.240 e. The van der Waals surface area contributed by atoms with Crippen molar-refractivity contribution in [2.75, 3.05) is 0 Å². The van der Waals surface area contributed by atoms with Crippen LogP contribution in [0, 0.1) is 5.92 Å². The van der Waals surface area contributed by atoms with Gasteiger partial charge >= 0.3 is 0 Å². The summed E-state index contributed by atoms with van der Waals surface area (Å²) in [5.41, 5.74) is 0.895. The van der Waals surface area contributed by atoms with Crippen molar-refractivity contribution in [1.29, 1.82) is 0 Å². The number of halogens is 3. The van der Waals surface area contributed by atoms with E-state index in [4.69, 9.17) is 23.2 Å². The van der Waals surface area contributed by atoms with Crippen molar-refractivity contribution in [3.8, 4) is 10.8 Å². The molecule has 0 amide bonds. The van der Waals surface area contributed by atoms with Crippen LogP contribution in [0.3, 0.4) is 0 Å². The second kappa shape index (κ2) is 5.82. The Morgan fingerprint density at radius 3 is 2.61 bits per heavy atom. The van der Waals surface area contributed by atoms with Crippen LogP contribution in [0.5, 0.6) is 0 Å². The average Bonchev–Trinajstić information content (AvgIpc) is 2.70. The number of thiazole rings is 1. The van der Waals surface area contributed by atoms with Gasteiger partial charge in [-0.3, -0.25) is 0 Å². The third-order valence-electron chi connectivity index (χ3n) is 2.15. The molecule has 0 saturated carbocycles. The Hall–Kier alpha value is -0.230. The van der Waals surface area contributed by atoms with Gasteiger partial charge in [-0.15, -0.1) is 0 Å². The molecular formula is C11H10BrCl2N3S. The maximum absolute atomic E-state index is 6.11. The molecule has 2 heterocycles. The summed E-state index contributed by atoms with van der Waals surface area (Å²) >= 11 is 16.7. The molecule has 0 spiro atoms. The van der Waals surface area contributed by atoms with Crippen LogP contribution < -0.4 is 0 Å². The monoisotopic (exact) mass is 365 g/mol. The highest BCUT2D eigenvalue weighted by atomic mass is 79.9. The standard InChI is InChI=1S/C11H10BrCl2N3S/c1-5(2)3-6-8(12)9(14)17-10(16-6)11-15-4-7(13)18-11/h4-5H,3H2,1-2H3. The first-order valence-corrected chi connectivity index (χ1v) is 7.67. The molecular weight excluding hydrogens is 357 g/mol. The van der Waals surface area contributed by atoms with Gasteiger partial charge in [0.2, 0.25) is 0 Å². The minimum absolute atomic E-state index is 0.405. The van der Waals surface area contributed by atoms with Crippen molar-refractivity contribution in [3.63, 3.8) is 0 Å². The molecule has 2 rings (SSSR count). The lowest BCUT2D eigenvalue weighted by Crippen LogP contribution is -2.02. The summed E-state index contributed by atoms with van der Waals surface area (Å²) in [5.74, 6) is 1.01. The molecule has 3 nitrogen and oxygen atoms in total. The predicted octanol–water partition coefficient (Wildman–Crippen LogP) is 4.87. The molecule has 0 fully saturated rings. The fraction of sp³-hybridized carbons (Fsp3) is 0.364. The highest BCUT2D eigenvalue weighted by Gasteiger charge is 2.15. The minimum Gasteiger partial charge on any atom is -0.240 e. The number of aromatic nitrogens is 3. The first-order chi connectivity index (χ1) is 8.47. The lowest BCUT2D eigenvalue weighted by Gasteiger charge is -2.08. The van der Waals surface area contributed by atoms with E-state index in [0.29, 0.717) is 26.2 Å². The molecule has 0 unspecified atom stereocenters. The molecule has 2 aromatic heterocycles. The van der Waals surface area contributed by atoms with Gasteiger partial charge in [-0.2, -0.15) is 0 Å². The Kier molecular flexibility index (Phi) is 4.59. The zero-order chi connectivity index (χ0) is 13.3. The summed E-state index contributed by atoms with van der Waals surface area (Å²) in [4.78, 5) is 12.9. The topological polar surface area (TPSA) is 38.7 Å². The van der Waals surface area contributed by atoms with E-state index >= 15 is 0 Å². The summed E-state index contributed by atoms with van der Waals surface area (Å²) in [6, 6.07) is 0. The molecule has 0 atom stereocenters. The summed E-state index contributed by atoms with van der Waals surface area (Å²) in [6.45, 7) is 4.25. The molecule has 0 bridgehead atoms. The minimum atomic E-state index is 0.405. The van der Waals surface area contributed by atoms with Crippen LogP contribution in [0.2, 0.25) is 9.49 Å². The molecule has 0 aliphatic carbocycles. The smallest absolute Gasteiger partial charge is 0.190 e. The van der Waals surface area contributed by atoms with Crippen LogP contribution in [-0.4, -0.2) is 15.0 Å². The second-order valence-electron chi connectivity index (χ2n) is 4.17. The van der Waals surface area contributed by atoms with Crippen LogP contribution in [0.1, 0.15) is 19.5 Å². The quantitative estimate of drug-likeness (QED) is 0.727. The lowest BCUT2D eigenvalue weighted by atomic mass is 10.1. The normalized spacial score (nSPS) is 11.2. The third-order valence-corrected chi connectivity index (χ3v) is 4.60. The number of rotatable bonds is 3. The molecule has 0 N–H and O–H groups in total. The second-order valence-corrected chi connectivity index (χ2v) is 6.98. The maximum atomic E-state index is 6.11. The zero-order valence-corrected chi connectivity index (χ0v) is 13.7. The van der Waals surface area contributed by atoms with Crippen molar-refractivity contribution >= 4 is 50.5 Å². The molecule has 7 heteroatoms. The molecule has 2 aromatic rings. The van der Waals surface area contributed by atoms with Crippen molar-refractivity contribution in [2.45, 2.75) is 20.3 Å². The Morgan fingerprint density at radius 1 is 1.33 bits per heavy atom. The Bertz CT molecular complexity index is 571. The van der Waals surface area contributed by atoms with Crippen molar-refractivity contribution in [3.05, 3.63) is 25.9 Å². The maximum Gasteiger partial charge on any atom is 0.190 e. The first kappa shape index (κ1) is 14.2. The molecule has 0 aliphatic rings. The fourth-order valence-electron chi connectivity index (χ4n) is 1.44. The van der Waals surface area contributed by atoms with E-state index < -0.39 is 0 Å². The molecule has 0 saturated heterocycles. The van der Waals surface area contributed by atoms with Gasteiger partial charge in [0.1, 0.15) is 9.49 Å². The van der Waals surface area contributed by atoms with Crippen LogP contribution in [-0.2, 0) is 6.42 Å². The van der Waals surface area contributed by atoms with Gasteiger partial charge in [0.25, 0.3) is 0 Å². The number of hydrogen-bond donors (Lipinski definition) is 0. The Balaban J connectivity index is 2.46. The predicted molar refractivity (Wildman–Crippen MR) is 79.4 cm³/mol. The third kappa shape index (κ3) is 3.20. The SMILES string of the molecule is CC(C)Cc1nc(-c2ncc(Cl)s2)nc(Cl)c1Br. The van der Waals surface area contributed by atoms with Gasteiger partial charge < -0.3 is 0 Å². The molecule has 0 aliphatic heterocycles. The fourth-order valence-corrected chi connectivity index (χ4v) is 2.81. The van der Waals surface area contributed by atoms with Crippen LogP contribution in [0.25, 0.3) is 10.8 Å². The van der Waals surface area contributed by atoms with E-state index in [1.165, 1.54) is 11.3 Å². The molecule has 0 radical (unpaired) electrons. The van der Waals surface area contributed by atoms with Crippen LogP contribution in [0.15, 0.2) is 10.7 Å². The summed E-state index contributed by atoms with van der Waals surface area (Å²) < 4.78 is 1.36. The van der Waals surface area contributed by atoms with Crippen molar-refractivity contribution < 1.29 is 0 Å². The van der Waals surface area contributed by atoms with Gasteiger partial charge in [-0.25, -0.2) is 15.0 Å². The summed E-state index contributed by atoms with van der Waals surface area (Å²) in [6.07, 6.45) is 2.41. The highest BCUT2D eigenvalue weighted by molar-refractivity contribution is 9.10. The highest BCUT2D eigenvalue weighted by Crippen LogP contribution is 2.31. The van der Waals surface area contributed by atoms with Gasteiger partial charge in [-0.1, -0.05) is 48.4 Å². The van der Waals surface area contributed by atoms with Crippen molar-refractivity contribution in [2.24, 2.45) is 5.92 Å².